The third-order valence-corrected chi connectivity index (χ3v) is 5.69. The van der Waals surface area contributed by atoms with Gasteiger partial charge in [-0.05, 0) is 49.3 Å². The molecule has 3 rings (SSSR count). The van der Waals surface area contributed by atoms with Crippen LogP contribution in [0.25, 0.3) is 0 Å². The van der Waals surface area contributed by atoms with E-state index in [4.69, 9.17) is 5.11 Å². The van der Waals surface area contributed by atoms with E-state index in [2.05, 4.69) is 11.6 Å². The summed E-state index contributed by atoms with van der Waals surface area (Å²) in [5.41, 5.74) is 2.03. The van der Waals surface area contributed by atoms with Crippen LogP contribution in [0.3, 0.4) is 0 Å². The van der Waals surface area contributed by atoms with E-state index in [0.717, 1.165) is 24.1 Å². The molecule has 1 aromatic rings. The van der Waals surface area contributed by atoms with Crippen LogP contribution < -0.4 is 10.2 Å². The summed E-state index contributed by atoms with van der Waals surface area (Å²) in [7, 11) is 0. The number of carbonyl (C=O) groups excluding carboxylic acids is 1. The van der Waals surface area contributed by atoms with Crippen LogP contribution in [0.4, 0.5) is 10.5 Å². The fraction of sp³-hybridized carbons (Fsp3) is 0.467. The number of amides is 2. The second-order valence-corrected chi connectivity index (χ2v) is 6.87. The number of nitrogens with one attached hydrogen (secondary N) is 1. The number of rotatable bonds is 4. The molecule has 0 saturated heterocycles. The van der Waals surface area contributed by atoms with Gasteiger partial charge in [-0.2, -0.15) is 11.8 Å². The molecule has 2 amide bonds. The predicted molar refractivity (Wildman–Crippen MR) is 83.3 cm³/mol. The topological polar surface area (TPSA) is 69.6 Å². The number of benzene rings is 1. The first kappa shape index (κ1) is 14.3. The molecule has 1 saturated carbocycles. The van der Waals surface area contributed by atoms with E-state index in [9.17, 15) is 9.59 Å². The fourth-order valence-corrected chi connectivity index (χ4v) is 3.40. The first-order valence-corrected chi connectivity index (χ1v) is 8.24. The second kappa shape index (κ2) is 5.26. The van der Waals surface area contributed by atoms with Crippen molar-refractivity contribution in [2.75, 3.05) is 24.2 Å². The molecule has 1 heterocycles. The van der Waals surface area contributed by atoms with Crippen molar-refractivity contribution in [2.24, 2.45) is 0 Å². The summed E-state index contributed by atoms with van der Waals surface area (Å²) < 4.78 is 0.241. The molecule has 0 spiro atoms. The van der Waals surface area contributed by atoms with Crippen LogP contribution in [0, 0.1) is 0 Å². The zero-order valence-corrected chi connectivity index (χ0v) is 12.7. The highest BCUT2D eigenvalue weighted by Crippen LogP contribution is 2.46. The van der Waals surface area contributed by atoms with Gasteiger partial charge in [0, 0.05) is 23.5 Å². The molecule has 0 aromatic heterocycles. The Morgan fingerprint density at radius 3 is 2.81 bits per heavy atom. The number of carboxylic acids is 1. The van der Waals surface area contributed by atoms with E-state index in [-0.39, 0.29) is 16.3 Å². The van der Waals surface area contributed by atoms with Crippen LogP contribution in [-0.4, -0.2) is 41.2 Å². The van der Waals surface area contributed by atoms with Gasteiger partial charge in [0.1, 0.15) is 0 Å². The maximum absolute atomic E-state index is 12.3. The molecule has 1 fully saturated rings. The van der Waals surface area contributed by atoms with Gasteiger partial charge in [0.2, 0.25) is 0 Å². The van der Waals surface area contributed by atoms with E-state index in [1.54, 1.807) is 23.1 Å². The quantitative estimate of drug-likeness (QED) is 0.896. The lowest BCUT2D eigenvalue weighted by Gasteiger charge is -2.20. The molecule has 0 bridgehead atoms. The third kappa shape index (κ3) is 2.72. The SMILES string of the molecule is CSC1(CNC(=O)N2CCc3cc(C(=O)O)ccc32)CC1. The van der Waals surface area contributed by atoms with Crippen LogP contribution in [0.1, 0.15) is 28.8 Å². The molecule has 112 valence electrons. The highest BCUT2D eigenvalue weighted by Gasteiger charge is 2.42. The summed E-state index contributed by atoms with van der Waals surface area (Å²) in [5.74, 6) is -0.934. The molecular weight excluding hydrogens is 288 g/mol. The van der Waals surface area contributed by atoms with Crippen LogP contribution >= 0.6 is 11.8 Å². The molecular formula is C15H18N2O3S. The number of hydrogen-bond donors (Lipinski definition) is 2. The lowest BCUT2D eigenvalue weighted by Crippen LogP contribution is -2.42. The Morgan fingerprint density at radius 2 is 2.19 bits per heavy atom. The van der Waals surface area contributed by atoms with Gasteiger partial charge in [-0.25, -0.2) is 9.59 Å². The minimum Gasteiger partial charge on any atom is -0.478 e. The molecule has 6 heteroatoms. The lowest BCUT2D eigenvalue weighted by atomic mass is 10.1. The van der Waals surface area contributed by atoms with Crippen molar-refractivity contribution < 1.29 is 14.7 Å². The Labute approximate surface area is 127 Å². The zero-order chi connectivity index (χ0) is 15.0. The van der Waals surface area contributed by atoms with Crippen molar-refractivity contribution in [3.8, 4) is 0 Å². The molecule has 0 unspecified atom stereocenters. The van der Waals surface area contributed by atoms with E-state index < -0.39 is 5.97 Å². The second-order valence-electron chi connectivity index (χ2n) is 5.60. The van der Waals surface area contributed by atoms with Gasteiger partial charge >= 0.3 is 12.0 Å². The van der Waals surface area contributed by atoms with Crippen molar-refractivity contribution in [1.29, 1.82) is 0 Å². The Hall–Kier alpha value is -1.69. The van der Waals surface area contributed by atoms with Gasteiger partial charge in [0.25, 0.3) is 0 Å². The Balaban J connectivity index is 1.69. The van der Waals surface area contributed by atoms with Gasteiger partial charge in [0.15, 0.2) is 0 Å². The Bertz CT molecular complexity index is 599. The number of thioether (sulfide) groups is 1. The molecule has 0 radical (unpaired) electrons. The number of nitrogens with zero attached hydrogens (tertiary/aromatic N) is 1. The molecule has 5 nitrogen and oxygen atoms in total. The minimum atomic E-state index is -0.934. The molecule has 2 aliphatic rings. The van der Waals surface area contributed by atoms with Crippen molar-refractivity contribution in [1.82, 2.24) is 5.32 Å². The summed E-state index contributed by atoms with van der Waals surface area (Å²) >= 11 is 1.81. The van der Waals surface area contributed by atoms with Gasteiger partial charge < -0.3 is 10.4 Å². The molecule has 2 N–H and O–H groups in total. The molecule has 1 aliphatic carbocycles. The van der Waals surface area contributed by atoms with E-state index in [1.807, 2.05) is 11.8 Å². The van der Waals surface area contributed by atoms with Crippen LogP contribution in [0.5, 0.6) is 0 Å². The van der Waals surface area contributed by atoms with Crippen molar-refractivity contribution in [3.63, 3.8) is 0 Å². The van der Waals surface area contributed by atoms with E-state index >= 15 is 0 Å². The highest BCUT2D eigenvalue weighted by molar-refractivity contribution is 8.00. The predicted octanol–water partition coefficient (Wildman–Crippen LogP) is 2.35. The number of carboxylic acid groups (broad SMARTS) is 1. The number of urea groups is 1. The summed E-state index contributed by atoms with van der Waals surface area (Å²) in [5, 5.41) is 12.0. The van der Waals surface area contributed by atoms with E-state index in [0.29, 0.717) is 19.5 Å². The lowest BCUT2D eigenvalue weighted by molar-refractivity contribution is 0.0697. The average molecular weight is 306 g/mol. The van der Waals surface area contributed by atoms with Crippen LogP contribution in [-0.2, 0) is 6.42 Å². The van der Waals surface area contributed by atoms with Gasteiger partial charge in [0.05, 0.1) is 5.56 Å². The van der Waals surface area contributed by atoms with Gasteiger partial charge in [-0.1, -0.05) is 0 Å². The summed E-state index contributed by atoms with van der Waals surface area (Å²) in [4.78, 5) is 25.0. The Kier molecular flexibility index (Phi) is 3.57. The first-order valence-electron chi connectivity index (χ1n) is 7.01. The summed E-state index contributed by atoms with van der Waals surface area (Å²) in [6, 6.07) is 4.86. The maximum Gasteiger partial charge on any atom is 0.335 e. The van der Waals surface area contributed by atoms with E-state index in [1.165, 1.54) is 0 Å². The Morgan fingerprint density at radius 1 is 1.43 bits per heavy atom. The zero-order valence-electron chi connectivity index (χ0n) is 11.9. The minimum absolute atomic E-state index is 0.0860. The number of hydrogen-bond acceptors (Lipinski definition) is 3. The monoisotopic (exact) mass is 306 g/mol. The number of fused-ring (bicyclic) bond motifs is 1. The molecule has 21 heavy (non-hydrogen) atoms. The van der Waals surface area contributed by atoms with Crippen molar-refractivity contribution >= 4 is 29.4 Å². The summed E-state index contributed by atoms with van der Waals surface area (Å²) in [6.45, 7) is 1.31. The number of carbonyl (C=O) groups is 2. The fourth-order valence-electron chi connectivity index (χ4n) is 2.67. The van der Waals surface area contributed by atoms with Crippen molar-refractivity contribution in [2.45, 2.75) is 24.0 Å². The largest absolute Gasteiger partial charge is 0.478 e. The van der Waals surface area contributed by atoms with Gasteiger partial charge in [-0.3, -0.25) is 4.90 Å². The molecule has 1 aliphatic heterocycles. The van der Waals surface area contributed by atoms with Crippen LogP contribution in [0.15, 0.2) is 18.2 Å². The average Bonchev–Trinajstić information content (AvgIpc) is 3.15. The standard InChI is InChI=1S/C15H18N2O3S/c1-21-15(5-6-15)9-16-14(20)17-7-4-10-8-11(13(18)19)2-3-12(10)17/h2-3,8H,4-7,9H2,1H3,(H,16,20)(H,18,19). The molecule has 1 aromatic carbocycles. The first-order chi connectivity index (χ1) is 10.0. The highest BCUT2D eigenvalue weighted by atomic mass is 32.2. The number of anilines is 1. The smallest absolute Gasteiger partial charge is 0.335 e. The maximum atomic E-state index is 12.3. The van der Waals surface area contributed by atoms with Gasteiger partial charge in [-0.15, -0.1) is 0 Å². The molecule has 0 atom stereocenters. The number of aromatic carboxylic acids is 1. The van der Waals surface area contributed by atoms with Crippen LogP contribution in [0.2, 0.25) is 0 Å². The third-order valence-electron chi connectivity index (χ3n) is 4.27. The normalized spacial score (nSPS) is 18.2. The van der Waals surface area contributed by atoms with Crippen molar-refractivity contribution in [3.05, 3.63) is 29.3 Å². The summed E-state index contributed by atoms with van der Waals surface area (Å²) in [6.07, 6.45) is 5.11.